The maximum atomic E-state index is 13.1. The number of nitrogens with one attached hydrogen (secondary N) is 1. The Morgan fingerprint density at radius 3 is 2.45 bits per heavy atom. The maximum absolute atomic E-state index is 13.1. The van der Waals surface area contributed by atoms with E-state index in [4.69, 9.17) is 22.5 Å². The SMILES string of the molecule is Nc1ccc(Nc2ccc(F)c(Cl)c2)c(S(N)(=O)=O)c1. The molecule has 0 fully saturated rings. The Labute approximate surface area is 120 Å². The fraction of sp³-hybridized carbons (Fsp3) is 0. The van der Waals surface area contributed by atoms with Gasteiger partial charge in [-0.15, -0.1) is 0 Å². The predicted octanol–water partition coefficient (Wildman–Crippen LogP) is 2.45. The van der Waals surface area contributed by atoms with Crippen LogP contribution in [-0.4, -0.2) is 8.42 Å². The molecular formula is C12H11ClFN3O2S. The number of hydrogen-bond acceptors (Lipinski definition) is 4. The molecule has 0 unspecified atom stereocenters. The molecule has 0 amide bonds. The van der Waals surface area contributed by atoms with Crippen molar-refractivity contribution >= 4 is 38.7 Å². The van der Waals surface area contributed by atoms with Crippen molar-refractivity contribution in [3.05, 3.63) is 47.2 Å². The monoisotopic (exact) mass is 315 g/mol. The van der Waals surface area contributed by atoms with E-state index in [0.29, 0.717) is 5.69 Å². The molecule has 5 nitrogen and oxygen atoms in total. The van der Waals surface area contributed by atoms with E-state index in [0.717, 1.165) is 0 Å². The smallest absolute Gasteiger partial charge is 0.240 e. The van der Waals surface area contributed by atoms with Crippen molar-refractivity contribution in [1.29, 1.82) is 0 Å². The van der Waals surface area contributed by atoms with Crippen LogP contribution in [0.3, 0.4) is 0 Å². The highest BCUT2D eigenvalue weighted by atomic mass is 35.5. The van der Waals surface area contributed by atoms with E-state index in [1.807, 2.05) is 0 Å². The fourth-order valence-corrected chi connectivity index (χ4v) is 2.51. The summed E-state index contributed by atoms with van der Waals surface area (Å²) in [6.07, 6.45) is 0. The molecule has 0 aliphatic rings. The molecule has 5 N–H and O–H groups in total. The number of primary sulfonamides is 1. The lowest BCUT2D eigenvalue weighted by Gasteiger charge is -2.12. The standard InChI is InChI=1S/C12H11ClFN3O2S/c13-9-6-8(2-3-10(9)14)17-11-4-1-7(15)5-12(11)20(16,18)19/h1-6,17H,15H2,(H2,16,18,19). The van der Waals surface area contributed by atoms with Gasteiger partial charge in [-0.2, -0.15) is 0 Å². The summed E-state index contributed by atoms with van der Waals surface area (Å²) in [5, 5.41) is 7.85. The molecule has 0 saturated carbocycles. The Morgan fingerprint density at radius 2 is 1.85 bits per heavy atom. The van der Waals surface area contributed by atoms with Gasteiger partial charge in [0.15, 0.2) is 0 Å². The molecule has 0 bridgehead atoms. The van der Waals surface area contributed by atoms with Crippen LogP contribution in [0.5, 0.6) is 0 Å². The summed E-state index contributed by atoms with van der Waals surface area (Å²) in [5.41, 5.74) is 6.45. The summed E-state index contributed by atoms with van der Waals surface area (Å²) in [6, 6.07) is 8.14. The minimum atomic E-state index is -3.94. The van der Waals surface area contributed by atoms with Gasteiger partial charge in [0.1, 0.15) is 10.7 Å². The van der Waals surface area contributed by atoms with Crippen molar-refractivity contribution in [2.45, 2.75) is 4.90 Å². The van der Waals surface area contributed by atoms with Crippen molar-refractivity contribution in [3.8, 4) is 0 Å². The highest BCUT2D eigenvalue weighted by Gasteiger charge is 2.15. The van der Waals surface area contributed by atoms with Gasteiger partial charge in [0.05, 0.1) is 10.7 Å². The summed E-state index contributed by atoms with van der Waals surface area (Å²) in [4.78, 5) is -0.155. The van der Waals surface area contributed by atoms with Crippen LogP contribution in [0, 0.1) is 5.82 Å². The van der Waals surface area contributed by atoms with Crippen LogP contribution in [0.4, 0.5) is 21.5 Å². The maximum Gasteiger partial charge on any atom is 0.240 e. The van der Waals surface area contributed by atoms with E-state index in [1.165, 1.54) is 36.4 Å². The van der Waals surface area contributed by atoms with Gasteiger partial charge in [-0.25, -0.2) is 17.9 Å². The lowest BCUT2D eigenvalue weighted by molar-refractivity contribution is 0.598. The number of hydrogen-bond donors (Lipinski definition) is 3. The highest BCUT2D eigenvalue weighted by molar-refractivity contribution is 7.89. The van der Waals surface area contributed by atoms with Crippen LogP contribution in [-0.2, 0) is 10.0 Å². The molecule has 2 rings (SSSR count). The number of rotatable bonds is 3. The summed E-state index contributed by atoms with van der Waals surface area (Å²) >= 11 is 5.66. The molecule has 2 aromatic rings. The Morgan fingerprint density at radius 1 is 1.15 bits per heavy atom. The molecular weight excluding hydrogens is 305 g/mol. The first-order chi connectivity index (χ1) is 9.27. The molecule has 106 valence electrons. The molecule has 0 aromatic heterocycles. The van der Waals surface area contributed by atoms with E-state index in [-0.39, 0.29) is 21.3 Å². The Kier molecular flexibility index (Phi) is 3.85. The first-order valence-corrected chi connectivity index (χ1v) is 7.34. The van der Waals surface area contributed by atoms with Crippen molar-refractivity contribution in [1.82, 2.24) is 0 Å². The van der Waals surface area contributed by atoms with Crippen molar-refractivity contribution < 1.29 is 12.8 Å². The minimum absolute atomic E-state index is 0.0809. The van der Waals surface area contributed by atoms with Gasteiger partial charge in [-0.05, 0) is 36.4 Å². The third-order valence-electron chi connectivity index (χ3n) is 2.51. The summed E-state index contributed by atoms with van der Waals surface area (Å²) in [5.74, 6) is -0.568. The summed E-state index contributed by atoms with van der Waals surface area (Å²) in [7, 11) is -3.94. The van der Waals surface area contributed by atoms with Crippen LogP contribution in [0.2, 0.25) is 5.02 Å². The summed E-state index contributed by atoms with van der Waals surface area (Å²) in [6.45, 7) is 0. The third-order valence-corrected chi connectivity index (χ3v) is 3.75. The van der Waals surface area contributed by atoms with E-state index < -0.39 is 15.8 Å². The largest absolute Gasteiger partial charge is 0.399 e. The molecule has 0 aliphatic carbocycles. The van der Waals surface area contributed by atoms with Gasteiger partial charge in [0.25, 0.3) is 0 Å². The Bertz CT molecular complexity index is 765. The van der Waals surface area contributed by atoms with Crippen molar-refractivity contribution in [3.63, 3.8) is 0 Å². The molecule has 2 aromatic carbocycles. The van der Waals surface area contributed by atoms with Crippen LogP contribution in [0.15, 0.2) is 41.3 Å². The van der Waals surface area contributed by atoms with E-state index in [1.54, 1.807) is 0 Å². The summed E-state index contributed by atoms with van der Waals surface area (Å²) < 4.78 is 36.1. The van der Waals surface area contributed by atoms with E-state index in [9.17, 15) is 12.8 Å². The zero-order chi connectivity index (χ0) is 14.9. The molecule has 0 heterocycles. The molecule has 0 atom stereocenters. The predicted molar refractivity (Wildman–Crippen MR) is 76.9 cm³/mol. The van der Waals surface area contributed by atoms with Crippen LogP contribution >= 0.6 is 11.6 Å². The van der Waals surface area contributed by atoms with Crippen LogP contribution in [0.25, 0.3) is 0 Å². The molecule has 0 saturated heterocycles. The second-order valence-electron chi connectivity index (χ2n) is 4.05. The van der Waals surface area contributed by atoms with E-state index in [2.05, 4.69) is 5.32 Å². The fourth-order valence-electron chi connectivity index (χ4n) is 1.61. The highest BCUT2D eigenvalue weighted by Crippen LogP contribution is 2.28. The number of nitrogens with two attached hydrogens (primary N) is 2. The third kappa shape index (κ3) is 3.19. The van der Waals surface area contributed by atoms with Gasteiger partial charge in [-0.1, -0.05) is 11.6 Å². The average Bonchev–Trinajstić information content (AvgIpc) is 2.35. The average molecular weight is 316 g/mol. The molecule has 0 aliphatic heterocycles. The number of sulfonamides is 1. The quantitative estimate of drug-likeness (QED) is 0.758. The second-order valence-corrected chi connectivity index (χ2v) is 5.99. The number of anilines is 3. The zero-order valence-corrected chi connectivity index (χ0v) is 11.7. The minimum Gasteiger partial charge on any atom is -0.399 e. The lowest BCUT2D eigenvalue weighted by atomic mass is 10.2. The van der Waals surface area contributed by atoms with Gasteiger partial charge in [-0.3, -0.25) is 0 Å². The van der Waals surface area contributed by atoms with Gasteiger partial charge < -0.3 is 11.1 Å². The number of halogens is 2. The topological polar surface area (TPSA) is 98.2 Å². The van der Waals surface area contributed by atoms with Crippen LogP contribution < -0.4 is 16.2 Å². The first-order valence-electron chi connectivity index (χ1n) is 5.42. The first kappa shape index (κ1) is 14.6. The normalized spacial score (nSPS) is 11.3. The Balaban J connectivity index is 2.46. The molecule has 8 heteroatoms. The molecule has 0 radical (unpaired) electrons. The van der Waals surface area contributed by atoms with Crippen LogP contribution in [0.1, 0.15) is 0 Å². The van der Waals surface area contributed by atoms with Gasteiger partial charge in [0.2, 0.25) is 10.0 Å². The van der Waals surface area contributed by atoms with Crippen molar-refractivity contribution in [2.75, 3.05) is 11.1 Å². The number of benzene rings is 2. The second kappa shape index (κ2) is 5.28. The lowest BCUT2D eigenvalue weighted by Crippen LogP contribution is -2.14. The van der Waals surface area contributed by atoms with E-state index >= 15 is 0 Å². The number of nitrogen functional groups attached to an aromatic ring is 1. The zero-order valence-electron chi connectivity index (χ0n) is 10.1. The van der Waals surface area contributed by atoms with Gasteiger partial charge in [0, 0.05) is 11.4 Å². The van der Waals surface area contributed by atoms with Gasteiger partial charge >= 0.3 is 0 Å². The molecule has 0 spiro atoms. The van der Waals surface area contributed by atoms with Crippen molar-refractivity contribution in [2.24, 2.45) is 5.14 Å². The molecule has 20 heavy (non-hydrogen) atoms. The Hall–Kier alpha value is -1.83.